The van der Waals surface area contributed by atoms with Crippen LogP contribution in [0.1, 0.15) is 31.8 Å². The minimum atomic E-state index is -2.77. The molecule has 1 aliphatic rings. The van der Waals surface area contributed by atoms with Crippen molar-refractivity contribution in [2.45, 2.75) is 4.90 Å². The maximum Gasteiger partial charge on any atom is 0.194 e. The predicted octanol–water partition coefficient (Wildman–Crippen LogP) is 1.43. The first-order valence-corrected chi connectivity index (χ1v) is 6.74. The van der Waals surface area contributed by atoms with Gasteiger partial charge in [-0.1, -0.05) is 24.3 Å². The van der Waals surface area contributed by atoms with Gasteiger partial charge in [-0.2, -0.15) is 0 Å². The van der Waals surface area contributed by atoms with Crippen LogP contribution in [0.2, 0.25) is 0 Å². The molecule has 0 heterocycles. The molecule has 0 saturated carbocycles. The molecule has 0 unspecified atom stereocenters. The Labute approximate surface area is 110 Å². The summed E-state index contributed by atoms with van der Waals surface area (Å²) in [4.78, 5) is 24.5. The number of fused-ring (bicyclic) bond motifs is 2. The third-order valence-corrected chi connectivity index (χ3v) is 3.82. The van der Waals surface area contributed by atoms with E-state index in [-0.39, 0.29) is 27.6 Å². The van der Waals surface area contributed by atoms with E-state index in [2.05, 4.69) is 0 Å². The van der Waals surface area contributed by atoms with Gasteiger partial charge in [0, 0.05) is 22.3 Å². The summed E-state index contributed by atoms with van der Waals surface area (Å²) in [7, 11) is -2.77. The van der Waals surface area contributed by atoms with Crippen molar-refractivity contribution in [3.05, 3.63) is 64.7 Å². The number of benzene rings is 2. The summed E-state index contributed by atoms with van der Waals surface area (Å²) in [6.07, 6.45) is 0. The van der Waals surface area contributed by atoms with E-state index in [1.807, 2.05) is 0 Å². The van der Waals surface area contributed by atoms with Crippen LogP contribution in [-0.2, 0) is 10.7 Å². The van der Waals surface area contributed by atoms with E-state index in [1.54, 1.807) is 24.3 Å². The first kappa shape index (κ1) is 11.8. The van der Waals surface area contributed by atoms with Gasteiger partial charge in [-0.25, -0.2) is 8.42 Å². The molecule has 2 aromatic rings. The Morgan fingerprint density at radius 1 is 0.684 bits per heavy atom. The highest BCUT2D eigenvalue weighted by molar-refractivity contribution is 7.72. The predicted molar refractivity (Wildman–Crippen MR) is 68.3 cm³/mol. The lowest BCUT2D eigenvalue weighted by Gasteiger charge is -2.17. The summed E-state index contributed by atoms with van der Waals surface area (Å²) in [6, 6.07) is 10.5. The number of hydrogen-bond donors (Lipinski definition) is 1. The average Bonchev–Trinajstić information content (AvgIpc) is 2.44. The molecule has 0 atom stereocenters. The van der Waals surface area contributed by atoms with Crippen molar-refractivity contribution in [2.24, 2.45) is 0 Å². The summed E-state index contributed by atoms with van der Waals surface area (Å²) in [5.41, 5.74) is 1.09. The number of rotatable bonds is 1. The minimum absolute atomic E-state index is 0.0364. The van der Waals surface area contributed by atoms with Gasteiger partial charge in [0.05, 0.1) is 4.90 Å². The van der Waals surface area contributed by atoms with Crippen LogP contribution in [0.4, 0.5) is 0 Å². The number of carbonyl (C=O) groups excluding carboxylic acids is 2. The zero-order valence-corrected chi connectivity index (χ0v) is 10.5. The molecule has 0 radical (unpaired) electrons. The Kier molecular flexibility index (Phi) is 2.57. The standard InChI is InChI=1S/C14H8O4S/c15-13-9-3-1-2-4-10(9)14(16)12-7-8(19(17)18)5-6-11(12)13/h1-7,19H. The molecule has 19 heavy (non-hydrogen) atoms. The lowest BCUT2D eigenvalue weighted by molar-refractivity contribution is 0.0979. The molecule has 3 rings (SSSR count). The van der Waals surface area contributed by atoms with Crippen molar-refractivity contribution in [3.8, 4) is 0 Å². The molecule has 5 heteroatoms. The molecule has 2 aromatic carbocycles. The van der Waals surface area contributed by atoms with Gasteiger partial charge in [-0.05, 0) is 18.2 Å². The van der Waals surface area contributed by atoms with E-state index in [1.165, 1.54) is 18.2 Å². The molecule has 0 N–H and O–H groups in total. The molecular weight excluding hydrogens is 264 g/mol. The lowest BCUT2D eigenvalue weighted by atomic mass is 9.84. The van der Waals surface area contributed by atoms with Crippen molar-refractivity contribution in [2.75, 3.05) is 0 Å². The van der Waals surface area contributed by atoms with Crippen LogP contribution in [0.15, 0.2) is 47.4 Å². The first-order chi connectivity index (χ1) is 9.09. The largest absolute Gasteiger partial charge is 0.289 e. The summed E-state index contributed by atoms with van der Waals surface area (Å²) in [5, 5.41) is 0. The van der Waals surface area contributed by atoms with Gasteiger partial charge < -0.3 is 0 Å². The Hall–Kier alpha value is -2.27. The summed E-state index contributed by atoms with van der Waals surface area (Å²) >= 11 is 0. The molecule has 4 nitrogen and oxygen atoms in total. The van der Waals surface area contributed by atoms with E-state index >= 15 is 0 Å². The second-order valence-corrected chi connectivity index (χ2v) is 5.22. The maximum atomic E-state index is 12.3. The summed E-state index contributed by atoms with van der Waals surface area (Å²) in [6.45, 7) is 0. The van der Waals surface area contributed by atoms with Crippen LogP contribution < -0.4 is 0 Å². The fourth-order valence-electron chi connectivity index (χ4n) is 2.20. The molecule has 0 saturated heterocycles. The van der Waals surface area contributed by atoms with E-state index in [9.17, 15) is 18.0 Å². The molecule has 0 aromatic heterocycles. The van der Waals surface area contributed by atoms with Gasteiger partial charge >= 0.3 is 0 Å². The van der Waals surface area contributed by atoms with Crippen molar-refractivity contribution in [1.82, 2.24) is 0 Å². The Bertz CT molecular complexity index is 795. The zero-order chi connectivity index (χ0) is 13.6. The summed E-state index contributed by atoms with van der Waals surface area (Å²) in [5.74, 6) is -0.568. The van der Waals surface area contributed by atoms with E-state index in [0.29, 0.717) is 11.1 Å². The molecule has 0 aliphatic heterocycles. The van der Waals surface area contributed by atoms with Crippen LogP contribution in [0.5, 0.6) is 0 Å². The highest BCUT2D eigenvalue weighted by atomic mass is 32.2. The highest BCUT2D eigenvalue weighted by Gasteiger charge is 2.29. The van der Waals surface area contributed by atoms with Gasteiger partial charge in [0.2, 0.25) is 0 Å². The number of thiol groups is 1. The molecule has 0 spiro atoms. The van der Waals surface area contributed by atoms with Crippen LogP contribution in [0.25, 0.3) is 0 Å². The second-order valence-electron chi connectivity index (χ2n) is 4.19. The van der Waals surface area contributed by atoms with Crippen LogP contribution >= 0.6 is 0 Å². The van der Waals surface area contributed by atoms with Crippen molar-refractivity contribution in [3.63, 3.8) is 0 Å². The topological polar surface area (TPSA) is 68.3 Å². The zero-order valence-electron chi connectivity index (χ0n) is 9.62. The Morgan fingerprint density at radius 3 is 1.79 bits per heavy atom. The third kappa shape index (κ3) is 1.70. The van der Waals surface area contributed by atoms with Gasteiger partial charge in [-0.3, -0.25) is 9.59 Å². The quantitative estimate of drug-likeness (QED) is 0.680. The normalized spacial score (nSPS) is 13.3. The molecule has 1 aliphatic carbocycles. The van der Waals surface area contributed by atoms with Crippen LogP contribution in [0, 0.1) is 0 Å². The minimum Gasteiger partial charge on any atom is -0.289 e. The Balaban J connectivity index is 2.30. The monoisotopic (exact) mass is 272 g/mol. The van der Waals surface area contributed by atoms with Gasteiger partial charge in [0.15, 0.2) is 22.3 Å². The molecule has 0 bridgehead atoms. The number of ketones is 2. The van der Waals surface area contributed by atoms with Gasteiger partial charge in [0.25, 0.3) is 0 Å². The van der Waals surface area contributed by atoms with E-state index in [0.717, 1.165) is 0 Å². The van der Waals surface area contributed by atoms with E-state index in [4.69, 9.17) is 0 Å². The van der Waals surface area contributed by atoms with Gasteiger partial charge in [-0.15, -0.1) is 0 Å². The van der Waals surface area contributed by atoms with Gasteiger partial charge in [0.1, 0.15) is 0 Å². The van der Waals surface area contributed by atoms with E-state index < -0.39 is 10.7 Å². The smallest absolute Gasteiger partial charge is 0.194 e. The number of carbonyl (C=O) groups is 2. The molecular formula is C14H8O4S. The van der Waals surface area contributed by atoms with Crippen molar-refractivity contribution < 1.29 is 18.0 Å². The van der Waals surface area contributed by atoms with Crippen molar-refractivity contribution in [1.29, 1.82) is 0 Å². The number of hydrogen-bond acceptors (Lipinski definition) is 4. The third-order valence-electron chi connectivity index (χ3n) is 3.12. The fraction of sp³-hybridized carbons (Fsp3) is 0. The average molecular weight is 272 g/mol. The molecule has 94 valence electrons. The first-order valence-electron chi connectivity index (χ1n) is 5.56. The maximum absolute atomic E-state index is 12.3. The molecule has 0 fully saturated rings. The lowest BCUT2D eigenvalue weighted by Crippen LogP contribution is -2.20. The van der Waals surface area contributed by atoms with Crippen LogP contribution in [0.3, 0.4) is 0 Å². The molecule has 0 amide bonds. The Morgan fingerprint density at radius 2 is 1.21 bits per heavy atom. The fourth-order valence-corrected chi connectivity index (χ4v) is 2.63. The van der Waals surface area contributed by atoms with Crippen molar-refractivity contribution >= 4 is 22.3 Å². The second kappa shape index (κ2) is 4.13. The van der Waals surface area contributed by atoms with Crippen LogP contribution in [-0.4, -0.2) is 20.0 Å². The SMILES string of the molecule is O=C1c2ccccc2C(=O)c2cc([SH](=O)=O)ccc21. The summed E-state index contributed by atoms with van der Waals surface area (Å²) < 4.78 is 21.9. The highest BCUT2D eigenvalue weighted by Crippen LogP contribution is 2.27.